The number of carbonyl (C=O) groups excluding carboxylic acids is 1. The third-order valence-corrected chi connectivity index (χ3v) is 7.15. The number of benzene rings is 2. The standard InChI is InChI=1S/C27H30BrN5O2/c1-35-26(34)20-9-10-22-23-17-29-27(31-25(23)30-24(22)16-20)33(18-19-7-5-8-21(28)15-19)14-6-13-32-11-3-2-4-12-32/h5,7-10,15-17H,2-4,6,11-14,18H2,1H3,(H,29,30,31). The molecule has 1 aliphatic rings. The number of aromatic nitrogens is 3. The molecule has 1 N–H and O–H groups in total. The molecule has 3 heterocycles. The van der Waals surface area contributed by atoms with Crippen LogP contribution in [0.5, 0.6) is 0 Å². The van der Waals surface area contributed by atoms with Crippen LogP contribution in [0.1, 0.15) is 41.6 Å². The van der Waals surface area contributed by atoms with E-state index in [0.717, 1.165) is 52.5 Å². The number of esters is 1. The molecule has 2 aromatic carbocycles. The second-order valence-electron chi connectivity index (χ2n) is 9.12. The van der Waals surface area contributed by atoms with Crippen LogP contribution in [0.25, 0.3) is 21.9 Å². The fourth-order valence-corrected chi connectivity index (χ4v) is 5.29. The summed E-state index contributed by atoms with van der Waals surface area (Å²) in [6.07, 6.45) is 6.90. The number of aromatic amines is 1. The van der Waals surface area contributed by atoms with Crippen LogP contribution in [0.15, 0.2) is 53.1 Å². The number of halogens is 1. The van der Waals surface area contributed by atoms with Crippen molar-refractivity contribution in [3.63, 3.8) is 0 Å². The lowest BCUT2D eigenvalue weighted by Crippen LogP contribution is -2.33. The van der Waals surface area contributed by atoms with E-state index < -0.39 is 0 Å². The second-order valence-corrected chi connectivity index (χ2v) is 10.0. The number of carbonyl (C=O) groups is 1. The molecule has 8 heteroatoms. The van der Waals surface area contributed by atoms with Crippen LogP contribution in [0.4, 0.5) is 5.95 Å². The molecule has 0 amide bonds. The zero-order valence-corrected chi connectivity index (χ0v) is 21.6. The van der Waals surface area contributed by atoms with E-state index in [2.05, 4.69) is 48.9 Å². The first-order chi connectivity index (χ1) is 17.1. The van der Waals surface area contributed by atoms with Crippen molar-refractivity contribution in [1.29, 1.82) is 0 Å². The smallest absolute Gasteiger partial charge is 0.337 e. The van der Waals surface area contributed by atoms with Gasteiger partial charge in [0.05, 0.1) is 12.7 Å². The normalized spacial score (nSPS) is 14.5. The predicted molar refractivity (Wildman–Crippen MR) is 143 cm³/mol. The monoisotopic (exact) mass is 535 g/mol. The minimum absolute atomic E-state index is 0.355. The van der Waals surface area contributed by atoms with Gasteiger partial charge in [-0.1, -0.05) is 40.5 Å². The van der Waals surface area contributed by atoms with Crippen LogP contribution in [-0.2, 0) is 11.3 Å². The van der Waals surface area contributed by atoms with Crippen molar-refractivity contribution in [3.8, 4) is 0 Å². The quantitative estimate of drug-likeness (QED) is 0.298. The SMILES string of the molecule is COC(=O)c1ccc2c(c1)[nH]c1nc(N(CCCN3CCCCC3)Cc3cccc(Br)c3)ncc12. The molecule has 0 spiro atoms. The Morgan fingerprint density at radius 1 is 1.14 bits per heavy atom. The summed E-state index contributed by atoms with van der Waals surface area (Å²) in [6, 6.07) is 13.9. The summed E-state index contributed by atoms with van der Waals surface area (Å²) in [5.41, 5.74) is 3.33. The Bertz CT molecular complexity index is 1330. The van der Waals surface area contributed by atoms with Gasteiger partial charge in [-0.05, 0) is 68.7 Å². The van der Waals surface area contributed by atoms with Gasteiger partial charge in [-0.2, -0.15) is 4.98 Å². The molecule has 1 saturated heterocycles. The van der Waals surface area contributed by atoms with Gasteiger partial charge in [-0.15, -0.1) is 0 Å². The Kier molecular flexibility index (Phi) is 7.29. The van der Waals surface area contributed by atoms with Crippen LogP contribution in [-0.4, -0.2) is 59.1 Å². The highest BCUT2D eigenvalue weighted by Gasteiger charge is 2.16. The molecular weight excluding hydrogens is 506 g/mol. The summed E-state index contributed by atoms with van der Waals surface area (Å²) in [5, 5.41) is 1.93. The molecule has 0 radical (unpaired) electrons. The maximum atomic E-state index is 12.0. The number of piperidine rings is 1. The number of ether oxygens (including phenoxy) is 1. The van der Waals surface area contributed by atoms with Gasteiger partial charge in [0.25, 0.3) is 0 Å². The minimum atomic E-state index is -0.355. The summed E-state index contributed by atoms with van der Waals surface area (Å²) in [7, 11) is 1.39. The van der Waals surface area contributed by atoms with Crippen LogP contribution < -0.4 is 4.90 Å². The van der Waals surface area contributed by atoms with Crippen molar-refractivity contribution >= 4 is 49.8 Å². The molecule has 0 bridgehead atoms. The summed E-state index contributed by atoms with van der Waals surface area (Å²) in [5.74, 6) is 0.349. The topological polar surface area (TPSA) is 74.4 Å². The van der Waals surface area contributed by atoms with Crippen LogP contribution in [0.3, 0.4) is 0 Å². The van der Waals surface area contributed by atoms with Gasteiger partial charge in [0, 0.05) is 40.0 Å². The summed E-state index contributed by atoms with van der Waals surface area (Å²) in [4.78, 5) is 29.8. The Morgan fingerprint density at radius 3 is 2.80 bits per heavy atom. The number of hydrogen-bond acceptors (Lipinski definition) is 6. The first-order valence-electron chi connectivity index (χ1n) is 12.2. The fourth-order valence-electron chi connectivity index (χ4n) is 4.85. The summed E-state index contributed by atoms with van der Waals surface area (Å²) >= 11 is 3.59. The Hall–Kier alpha value is -2.97. The molecule has 4 aromatic rings. The van der Waals surface area contributed by atoms with E-state index in [1.54, 1.807) is 12.1 Å². The van der Waals surface area contributed by atoms with Gasteiger partial charge in [0.2, 0.25) is 5.95 Å². The van der Waals surface area contributed by atoms with Crippen LogP contribution in [0.2, 0.25) is 0 Å². The third kappa shape index (κ3) is 5.49. The lowest BCUT2D eigenvalue weighted by atomic mass is 10.1. The lowest BCUT2D eigenvalue weighted by Gasteiger charge is -2.28. The van der Waals surface area contributed by atoms with E-state index in [9.17, 15) is 4.79 Å². The van der Waals surface area contributed by atoms with Crippen molar-refractivity contribution in [2.24, 2.45) is 0 Å². The minimum Gasteiger partial charge on any atom is -0.465 e. The summed E-state index contributed by atoms with van der Waals surface area (Å²) < 4.78 is 5.93. The Labute approximate surface area is 213 Å². The van der Waals surface area contributed by atoms with Crippen molar-refractivity contribution in [1.82, 2.24) is 19.9 Å². The highest BCUT2D eigenvalue weighted by Crippen LogP contribution is 2.27. The lowest BCUT2D eigenvalue weighted by molar-refractivity contribution is 0.0601. The van der Waals surface area contributed by atoms with Crippen molar-refractivity contribution in [3.05, 3.63) is 64.3 Å². The average molecular weight is 536 g/mol. The van der Waals surface area contributed by atoms with Crippen molar-refractivity contribution in [2.75, 3.05) is 38.2 Å². The zero-order valence-electron chi connectivity index (χ0n) is 20.0. The molecule has 1 fully saturated rings. The highest BCUT2D eigenvalue weighted by atomic mass is 79.9. The number of methoxy groups -OCH3 is 1. The van der Waals surface area contributed by atoms with E-state index >= 15 is 0 Å². The van der Waals surface area contributed by atoms with Gasteiger partial charge >= 0.3 is 5.97 Å². The fraction of sp³-hybridized carbons (Fsp3) is 0.370. The number of hydrogen-bond donors (Lipinski definition) is 1. The third-order valence-electron chi connectivity index (χ3n) is 6.66. The number of likely N-dealkylation sites (tertiary alicyclic amines) is 1. The molecule has 0 aliphatic carbocycles. The van der Waals surface area contributed by atoms with Gasteiger partial charge in [-0.25, -0.2) is 9.78 Å². The molecule has 0 saturated carbocycles. The molecule has 5 rings (SSSR count). The number of fused-ring (bicyclic) bond motifs is 3. The second kappa shape index (κ2) is 10.7. The average Bonchev–Trinajstić information content (AvgIpc) is 3.25. The van der Waals surface area contributed by atoms with E-state index in [0.29, 0.717) is 11.5 Å². The molecular formula is C27H30BrN5O2. The largest absolute Gasteiger partial charge is 0.465 e. The van der Waals surface area contributed by atoms with Gasteiger partial charge < -0.3 is 19.5 Å². The summed E-state index contributed by atoms with van der Waals surface area (Å²) in [6.45, 7) is 5.12. The van der Waals surface area contributed by atoms with Crippen molar-refractivity contribution in [2.45, 2.75) is 32.2 Å². The highest BCUT2D eigenvalue weighted by molar-refractivity contribution is 9.10. The number of nitrogens with one attached hydrogen (secondary N) is 1. The van der Waals surface area contributed by atoms with Crippen molar-refractivity contribution < 1.29 is 9.53 Å². The Morgan fingerprint density at radius 2 is 2.00 bits per heavy atom. The molecule has 1 aliphatic heterocycles. The maximum Gasteiger partial charge on any atom is 0.337 e. The molecule has 35 heavy (non-hydrogen) atoms. The zero-order chi connectivity index (χ0) is 24.2. The number of anilines is 1. The predicted octanol–water partition coefficient (Wildman–Crippen LogP) is 5.54. The van der Waals surface area contributed by atoms with Gasteiger partial charge in [0.15, 0.2) is 0 Å². The number of rotatable bonds is 8. The van der Waals surface area contributed by atoms with E-state index in [4.69, 9.17) is 14.7 Å². The Balaban J connectivity index is 1.42. The van der Waals surface area contributed by atoms with Crippen LogP contribution in [0, 0.1) is 0 Å². The number of H-pyrrole nitrogens is 1. The molecule has 2 aromatic heterocycles. The van der Waals surface area contributed by atoms with E-state index in [1.165, 1.54) is 45.0 Å². The van der Waals surface area contributed by atoms with Gasteiger partial charge in [0.1, 0.15) is 5.65 Å². The first kappa shape index (κ1) is 23.8. The first-order valence-corrected chi connectivity index (χ1v) is 13.0. The molecule has 0 unspecified atom stereocenters. The molecule has 0 atom stereocenters. The molecule has 7 nitrogen and oxygen atoms in total. The molecule has 182 valence electrons. The maximum absolute atomic E-state index is 12.0. The number of nitrogens with zero attached hydrogens (tertiary/aromatic N) is 4. The van der Waals surface area contributed by atoms with Gasteiger partial charge in [-0.3, -0.25) is 0 Å². The van der Waals surface area contributed by atoms with E-state index in [-0.39, 0.29) is 5.97 Å². The van der Waals surface area contributed by atoms with Crippen LogP contribution >= 0.6 is 15.9 Å². The van der Waals surface area contributed by atoms with E-state index in [1.807, 2.05) is 18.3 Å².